The predicted octanol–water partition coefficient (Wildman–Crippen LogP) is 2.03. The third-order valence-corrected chi connectivity index (χ3v) is 2.36. The highest BCUT2D eigenvalue weighted by Gasteiger charge is 2.00. The Morgan fingerprint density at radius 2 is 2.18 bits per heavy atom. The number of rotatable bonds is 3. The quantitative estimate of drug-likeness (QED) is 0.573. The van der Waals surface area contributed by atoms with Crippen molar-refractivity contribution in [2.24, 2.45) is 0 Å². The van der Waals surface area contributed by atoms with Crippen LogP contribution in [0.2, 0.25) is 5.15 Å². The standard InChI is InChI=1S/C11H11ClN4O/c12-10-5-14-6-11(16-10)15-4-7-1-2-8(13)9(17)3-7/h1-3,5-6,17H,4,13H2,(H,15,16). The van der Waals surface area contributed by atoms with Gasteiger partial charge < -0.3 is 16.2 Å². The van der Waals surface area contributed by atoms with Gasteiger partial charge in [-0.25, -0.2) is 4.98 Å². The lowest BCUT2D eigenvalue weighted by atomic mass is 10.2. The molecule has 17 heavy (non-hydrogen) atoms. The van der Waals surface area contributed by atoms with E-state index in [9.17, 15) is 5.11 Å². The molecule has 88 valence electrons. The Morgan fingerprint density at radius 3 is 2.88 bits per heavy atom. The Morgan fingerprint density at radius 1 is 1.35 bits per heavy atom. The lowest BCUT2D eigenvalue weighted by Gasteiger charge is -2.06. The largest absolute Gasteiger partial charge is 0.506 e. The third kappa shape index (κ3) is 2.98. The van der Waals surface area contributed by atoms with E-state index in [0.717, 1.165) is 5.56 Å². The molecule has 0 aliphatic heterocycles. The summed E-state index contributed by atoms with van der Waals surface area (Å²) in [4.78, 5) is 7.93. The van der Waals surface area contributed by atoms with Crippen molar-refractivity contribution in [3.05, 3.63) is 41.3 Å². The second-order valence-corrected chi connectivity index (χ2v) is 3.86. The van der Waals surface area contributed by atoms with Crippen LogP contribution in [0.5, 0.6) is 5.75 Å². The Balaban J connectivity index is 2.05. The average Bonchev–Trinajstić information content (AvgIpc) is 2.31. The molecule has 4 N–H and O–H groups in total. The average molecular weight is 251 g/mol. The number of phenols is 1. The number of nitrogens with zero attached hydrogens (tertiary/aromatic N) is 2. The van der Waals surface area contributed by atoms with E-state index in [1.165, 1.54) is 6.20 Å². The number of nitrogen functional groups attached to an aromatic ring is 1. The molecule has 0 atom stereocenters. The zero-order valence-corrected chi connectivity index (χ0v) is 9.65. The number of aromatic nitrogens is 2. The zero-order valence-electron chi connectivity index (χ0n) is 8.89. The van der Waals surface area contributed by atoms with Crippen LogP contribution in [0, 0.1) is 0 Å². The first kappa shape index (κ1) is 11.5. The molecule has 0 saturated carbocycles. The summed E-state index contributed by atoms with van der Waals surface area (Å²) in [6.45, 7) is 0.503. The van der Waals surface area contributed by atoms with Gasteiger partial charge in [0.1, 0.15) is 16.7 Å². The molecule has 0 fully saturated rings. The van der Waals surface area contributed by atoms with Gasteiger partial charge >= 0.3 is 0 Å². The number of nitrogens with two attached hydrogens (primary N) is 1. The molecule has 6 heteroatoms. The fourth-order valence-electron chi connectivity index (χ4n) is 1.32. The summed E-state index contributed by atoms with van der Waals surface area (Å²) >= 11 is 5.70. The van der Waals surface area contributed by atoms with Gasteiger partial charge in [0.2, 0.25) is 0 Å². The maximum absolute atomic E-state index is 9.44. The van der Waals surface area contributed by atoms with Crippen LogP contribution in [-0.4, -0.2) is 15.1 Å². The molecule has 0 saturated heterocycles. The summed E-state index contributed by atoms with van der Waals surface area (Å²) in [5.74, 6) is 0.648. The van der Waals surface area contributed by atoms with Crippen molar-refractivity contribution in [2.75, 3.05) is 11.1 Å². The van der Waals surface area contributed by atoms with Gasteiger partial charge in [0.15, 0.2) is 0 Å². The summed E-state index contributed by atoms with van der Waals surface area (Å²) < 4.78 is 0. The highest BCUT2D eigenvalue weighted by atomic mass is 35.5. The monoisotopic (exact) mass is 250 g/mol. The van der Waals surface area contributed by atoms with Crippen LogP contribution in [0.4, 0.5) is 11.5 Å². The Kier molecular flexibility index (Phi) is 3.30. The highest BCUT2D eigenvalue weighted by Crippen LogP contribution is 2.21. The molecule has 0 bridgehead atoms. The van der Waals surface area contributed by atoms with E-state index in [2.05, 4.69) is 15.3 Å². The van der Waals surface area contributed by atoms with Gasteiger partial charge in [0, 0.05) is 6.54 Å². The van der Waals surface area contributed by atoms with Crippen LogP contribution >= 0.6 is 11.6 Å². The Hall–Kier alpha value is -2.01. The Bertz CT molecular complexity index is 533. The van der Waals surface area contributed by atoms with E-state index in [4.69, 9.17) is 17.3 Å². The van der Waals surface area contributed by atoms with Crippen molar-refractivity contribution in [1.29, 1.82) is 0 Å². The Labute approximate surface area is 103 Å². The van der Waals surface area contributed by atoms with Crippen LogP contribution in [0.3, 0.4) is 0 Å². The van der Waals surface area contributed by atoms with Gasteiger partial charge in [-0.15, -0.1) is 0 Å². The first-order chi connectivity index (χ1) is 8.15. The molecule has 0 unspecified atom stereocenters. The van der Waals surface area contributed by atoms with Crippen molar-refractivity contribution in [3.63, 3.8) is 0 Å². The maximum atomic E-state index is 9.44. The minimum atomic E-state index is 0.0708. The van der Waals surface area contributed by atoms with Crippen molar-refractivity contribution < 1.29 is 5.11 Å². The molecule has 1 aromatic carbocycles. The van der Waals surface area contributed by atoms with Gasteiger partial charge in [0.05, 0.1) is 18.1 Å². The summed E-state index contributed by atoms with van der Waals surface area (Å²) in [6.07, 6.45) is 3.03. The van der Waals surface area contributed by atoms with Crippen molar-refractivity contribution in [3.8, 4) is 5.75 Å². The molecule has 2 aromatic rings. The van der Waals surface area contributed by atoms with Crippen LogP contribution in [0.15, 0.2) is 30.6 Å². The molecular weight excluding hydrogens is 240 g/mol. The number of nitrogens with one attached hydrogen (secondary N) is 1. The van der Waals surface area contributed by atoms with Gasteiger partial charge in [-0.2, -0.15) is 0 Å². The fourth-order valence-corrected chi connectivity index (χ4v) is 1.47. The first-order valence-corrected chi connectivity index (χ1v) is 5.32. The number of halogens is 1. The number of hydrogen-bond acceptors (Lipinski definition) is 5. The molecule has 5 nitrogen and oxygen atoms in total. The van der Waals surface area contributed by atoms with Gasteiger partial charge in [-0.3, -0.25) is 4.98 Å². The van der Waals surface area contributed by atoms with Crippen LogP contribution < -0.4 is 11.1 Å². The third-order valence-electron chi connectivity index (χ3n) is 2.17. The van der Waals surface area contributed by atoms with Crippen LogP contribution in [-0.2, 0) is 6.54 Å². The molecule has 1 heterocycles. The number of aromatic hydroxyl groups is 1. The van der Waals surface area contributed by atoms with Crippen molar-refractivity contribution in [1.82, 2.24) is 9.97 Å². The fraction of sp³-hybridized carbons (Fsp3) is 0.0909. The summed E-state index contributed by atoms with van der Waals surface area (Å²) in [5, 5.41) is 12.8. The number of hydrogen-bond donors (Lipinski definition) is 3. The van der Waals surface area contributed by atoms with Gasteiger partial charge in [0.25, 0.3) is 0 Å². The molecular formula is C11H11ClN4O. The minimum Gasteiger partial charge on any atom is -0.506 e. The molecule has 0 amide bonds. The summed E-state index contributed by atoms with van der Waals surface area (Å²) in [5.41, 5.74) is 6.75. The van der Waals surface area contributed by atoms with Crippen molar-refractivity contribution in [2.45, 2.75) is 6.54 Å². The second-order valence-electron chi connectivity index (χ2n) is 3.47. The molecule has 0 radical (unpaired) electrons. The summed E-state index contributed by atoms with van der Waals surface area (Å²) in [6, 6.07) is 5.07. The zero-order chi connectivity index (χ0) is 12.3. The highest BCUT2D eigenvalue weighted by molar-refractivity contribution is 6.29. The van der Waals surface area contributed by atoms with Gasteiger partial charge in [-0.05, 0) is 17.7 Å². The van der Waals surface area contributed by atoms with E-state index in [0.29, 0.717) is 23.2 Å². The van der Waals surface area contributed by atoms with E-state index in [1.54, 1.807) is 18.3 Å². The number of benzene rings is 1. The van der Waals surface area contributed by atoms with E-state index < -0.39 is 0 Å². The molecule has 2 rings (SSSR count). The van der Waals surface area contributed by atoms with Crippen LogP contribution in [0.25, 0.3) is 0 Å². The van der Waals surface area contributed by atoms with E-state index >= 15 is 0 Å². The van der Waals surface area contributed by atoms with Gasteiger partial charge in [-0.1, -0.05) is 17.7 Å². The van der Waals surface area contributed by atoms with E-state index in [1.807, 2.05) is 6.07 Å². The number of anilines is 2. The predicted molar refractivity (Wildman–Crippen MR) is 66.9 cm³/mol. The second kappa shape index (κ2) is 4.88. The topological polar surface area (TPSA) is 84.1 Å². The van der Waals surface area contributed by atoms with Crippen molar-refractivity contribution >= 4 is 23.1 Å². The molecule has 0 aliphatic rings. The smallest absolute Gasteiger partial charge is 0.149 e. The van der Waals surface area contributed by atoms with Crippen LogP contribution in [0.1, 0.15) is 5.56 Å². The normalized spacial score (nSPS) is 10.2. The van der Waals surface area contributed by atoms with E-state index in [-0.39, 0.29) is 5.75 Å². The molecule has 1 aromatic heterocycles. The SMILES string of the molecule is Nc1ccc(CNc2cncc(Cl)n2)cc1O. The maximum Gasteiger partial charge on any atom is 0.149 e. The molecule has 0 spiro atoms. The summed E-state index contributed by atoms with van der Waals surface area (Å²) in [7, 11) is 0. The minimum absolute atomic E-state index is 0.0708. The lowest BCUT2D eigenvalue weighted by Crippen LogP contribution is -2.02. The molecule has 0 aliphatic carbocycles. The first-order valence-electron chi connectivity index (χ1n) is 4.94. The lowest BCUT2D eigenvalue weighted by molar-refractivity contribution is 0.477. The number of phenolic OH excluding ortho intramolecular Hbond substituents is 1.